The number of aliphatic hydroxyl groups is 1. The van der Waals surface area contributed by atoms with Crippen molar-refractivity contribution in [2.75, 3.05) is 6.54 Å². The first-order valence-corrected chi connectivity index (χ1v) is 11.9. The second-order valence-corrected chi connectivity index (χ2v) is 11.2. The van der Waals surface area contributed by atoms with Crippen LogP contribution in [0.15, 0.2) is 0 Å². The van der Waals surface area contributed by atoms with Crippen LogP contribution in [-0.2, 0) is 24.8 Å². The zero-order chi connectivity index (χ0) is 23.0. The zero-order valence-corrected chi connectivity index (χ0v) is 20.5. The zero-order valence-electron chi connectivity index (χ0n) is 18.7. The van der Waals surface area contributed by atoms with E-state index in [0.29, 0.717) is 12.8 Å². The van der Waals surface area contributed by atoms with Crippen molar-refractivity contribution in [1.82, 2.24) is 20.3 Å². The van der Waals surface area contributed by atoms with E-state index in [0.717, 1.165) is 0 Å². The topological polar surface area (TPSA) is 129 Å². The molecule has 3 amide bonds. The molecule has 0 rings (SSSR count). The van der Waals surface area contributed by atoms with Gasteiger partial charge in [-0.3, -0.25) is 14.3 Å². The summed E-state index contributed by atoms with van der Waals surface area (Å²) in [5, 5.41) is 12.1. The van der Waals surface area contributed by atoms with E-state index in [-0.39, 0.29) is 18.4 Å². The summed E-state index contributed by atoms with van der Waals surface area (Å²) in [6, 6.07) is 0. The first-order chi connectivity index (χ1) is 13.0. The van der Waals surface area contributed by atoms with Gasteiger partial charge in [0.2, 0.25) is 11.8 Å². The van der Waals surface area contributed by atoms with E-state index in [1.54, 1.807) is 48.5 Å². The molecule has 0 saturated heterocycles. The fraction of sp³-hybridized carbons (Fsp3) is 0.833. The molecule has 0 bridgehead atoms. The number of nitrogens with one attached hydrogen (secondary N) is 4. The van der Waals surface area contributed by atoms with E-state index in [1.807, 2.05) is 6.92 Å². The third-order valence-electron chi connectivity index (χ3n) is 4.18. The molecule has 3 unspecified atom stereocenters. The molecule has 0 aliphatic carbocycles. The minimum Gasteiger partial charge on any atom is -0.443 e. The summed E-state index contributed by atoms with van der Waals surface area (Å²) in [5.41, 5.74) is 0.0741. The van der Waals surface area contributed by atoms with Crippen LogP contribution in [0.3, 0.4) is 0 Å². The Morgan fingerprint density at radius 1 is 1.10 bits per heavy atom. The minimum absolute atomic E-state index is 0.159. The van der Waals surface area contributed by atoms with Crippen LogP contribution in [-0.4, -0.2) is 41.3 Å². The van der Waals surface area contributed by atoms with Crippen LogP contribution in [0.2, 0.25) is 0 Å². The smallest absolute Gasteiger partial charge is 0.422 e. The second kappa shape index (κ2) is 11.2. The highest BCUT2D eigenvalue weighted by Crippen LogP contribution is 2.37. The van der Waals surface area contributed by atoms with Gasteiger partial charge in [0.15, 0.2) is 0 Å². The van der Waals surface area contributed by atoms with Crippen molar-refractivity contribution < 1.29 is 24.2 Å². The monoisotopic (exact) mass is 452 g/mol. The third-order valence-corrected chi connectivity index (χ3v) is 5.49. The van der Waals surface area contributed by atoms with Crippen LogP contribution in [0.25, 0.3) is 0 Å². The van der Waals surface area contributed by atoms with E-state index >= 15 is 0 Å². The Hall–Kier alpha value is -1.22. The Bertz CT molecular complexity index is 622. The van der Waals surface area contributed by atoms with Crippen molar-refractivity contribution in [3.05, 3.63) is 0 Å². The third kappa shape index (κ3) is 10.9. The van der Waals surface area contributed by atoms with E-state index < -0.39 is 39.1 Å². The Morgan fingerprint density at radius 2 is 1.66 bits per heavy atom. The lowest BCUT2D eigenvalue weighted by molar-refractivity contribution is -0.136. The van der Waals surface area contributed by atoms with Crippen LogP contribution in [0.4, 0.5) is 4.79 Å². The van der Waals surface area contributed by atoms with E-state index in [4.69, 9.17) is 4.74 Å². The van der Waals surface area contributed by atoms with Gasteiger partial charge in [-0.15, -0.1) is 0 Å². The lowest BCUT2D eigenvalue weighted by Crippen LogP contribution is -2.50. The van der Waals surface area contributed by atoms with Gasteiger partial charge in [-0.1, -0.05) is 35.7 Å². The quantitative estimate of drug-likeness (QED) is 0.255. The van der Waals surface area contributed by atoms with Gasteiger partial charge in [0.1, 0.15) is 5.60 Å². The van der Waals surface area contributed by atoms with E-state index in [9.17, 15) is 19.5 Å². The molecule has 0 heterocycles. The van der Waals surface area contributed by atoms with Gasteiger partial charge in [-0.05, 0) is 40.5 Å². The molecule has 3 atom stereocenters. The Morgan fingerprint density at radius 3 is 2.10 bits per heavy atom. The number of ether oxygens (including phenoxy) is 1. The number of hydrazine groups is 1. The predicted octanol–water partition coefficient (Wildman–Crippen LogP) is 1.97. The molecule has 0 aliphatic rings. The molecule has 29 heavy (non-hydrogen) atoms. The fourth-order valence-corrected chi connectivity index (χ4v) is 3.66. The van der Waals surface area contributed by atoms with Gasteiger partial charge in [0, 0.05) is 27.8 Å². The molecular formula is C18H37N4O5PS. The van der Waals surface area contributed by atoms with Crippen LogP contribution in [0.1, 0.15) is 68.2 Å². The summed E-state index contributed by atoms with van der Waals surface area (Å²) in [5.74, 6) is -0.499. The molecule has 11 heteroatoms. The van der Waals surface area contributed by atoms with Gasteiger partial charge in [-0.25, -0.2) is 10.2 Å². The average molecular weight is 453 g/mol. The highest BCUT2D eigenvalue weighted by Gasteiger charge is 2.41. The number of aliphatic hydroxyl groups excluding tert-OH is 1. The summed E-state index contributed by atoms with van der Waals surface area (Å²) >= 11 is 0. The number of amides is 3. The predicted molar refractivity (Wildman–Crippen MR) is 118 cm³/mol. The van der Waals surface area contributed by atoms with Gasteiger partial charge in [-0.2, -0.15) is 4.83 Å². The lowest BCUT2D eigenvalue weighted by atomic mass is 9.71. The van der Waals surface area contributed by atoms with Crippen molar-refractivity contribution in [3.63, 3.8) is 0 Å². The van der Waals surface area contributed by atoms with E-state index in [1.165, 1.54) is 0 Å². The van der Waals surface area contributed by atoms with Crippen molar-refractivity contribution in [2.45, 2.75) is 79.9 Å². The minimum atomic E-state index is -1.04. The van der Waals surface area contributed by atoms with Crippen LogP contribution < -0.4 is 20.3 Å². The van der Waals surface area contributed by atoms with Crippen molar-refractivity contribution in [1.29, 1.82) is 0 Å². The number of hydrogen-bond donors (Lipinski definition) is 5. The Balaban J connectivity index is 4.85. The molecular weight excluding hydrogens is 415 g/mol. The molecule has 0 aromatic heterocycles. The van der Waals surface area contributed by atoms with Crippen molar-refractivity contribution >= 4 is 36.4 Å². The first-order valence-electron chi connectivity index (χ1n) is 9.50. The van der Waals surface area contributed by atoms with Crippen LogP contribution >= 0.6 is 8.02 Å². The number of carbonyl (C=O) groups is 3. The summed E-state index contributed by atoms with van der Waals surface area (Å²) in [6.45, 7) is 14.2. The number of hydrogen-bond acceptors (Lipinski definition) is 5. The lowest BCUT2D eigenvalue weighted by Gasteiger charge is -2.35. The normalized spacial score (nSPS) is 16.2. The van der Waals surface area contributed by atoms with Crippen LogP contribution in [0.5, 0.6) is 0 Å². The average Bonchev–Trinajstić information content (AvgIpc) is 2.55. The van der Waals surface area contributed by atoms with Crippen LogP contribution in [0, 0.1) is 10.8 Å². The molecule has 0 aliphatic heterocycles. The molecule has 0 fully saturated rings. The highest BCUT2D eigenvalue weighted by molar-refractivity contribution is 8.13. The maximum Gasteiger partial charge on any atom is 0.422 e. The molecule has 0 aromatic carbocycles. The standard InChI is InChI=1S/C18H37N4O5PS/c1-9-18(8,14(25)19-10-12(2)23)11-17(6,7)13(24)21-29(28)22-20-15(26)27-16(3,4)5/h12,22-23,28H,9-11H2,1-8H3,(H,19,25)(H,20,26)(H,21,24). The summed E-state index contributed by atoms with van der Waals surface area (Å²) in [7, 11) is 2.27. The maximum absolute atomic E-state index is 12.7. The largest absolute Gasteiger partial charge is 0.443 e. The molecule has 0 saturated carbocycles. The van der Waals surface area contributed by atoms with Crippen molar-refractivity contribution in [3.8, 4) is 0 Å². The Kier molecular flexibility index (Phi) is 10.8. The van der Waals surface area contributed by atoms with E-state index in [2.05, 4.69) is 28.3 Å². The van der Waals surface area contributed by atoms with Gasteiger partial charge in [0.05, 0.1) is 6.10 Å². The Labute approximate surface area is 178 Å². The molecule has 170 valence electrons. The SMILES string of the molecule is CCC(C)(CC(C)(C)C(=O)NS(=P)NNC(=O)OC(C)(C)C)C(=O)NCC(C)O. The van der Waals surface area contributed by atoms with Gasteiger partial charge in [0.25, 0.3) is 0 Å². The molecule has 5 N–H and O–H groups in total. The summed E-state index contributed by atoms with van der Waals surface area (Å²) < 4.78 is 7.83. The second-order valence-electron chi connectivity index (χ2n) is 9.00. The summed E-state index contributed by atoms with van der Waals surface area (Å²) in [4.78, 5) is 39.6. The molecule has 0 spiro atoms. The molecule has 0 aromatic rings. The maximum atomic E-state index is 12.7. The highest BCUT2D eigenvalue weighted by atomic mass is 32.5. The molecule has 9 nitrogen and oxygen atoms in total. The van der Waals surface area contributed by atoms with Gasteiger partial charge >= 0.3 is 6.09 Å². The number of carbonyl (C=O) groups excluding carboxylic acids is 3. The van der Waals surface area contributed by atoms with Crippen molar-refractivity contribution in [2.24, 2.45) is 10.8 Å². The first kappa shape index (κ1) is 27.8. The summed E-state index contributed by atoms with van der Waals surface area (Å²) in [6.07, 6.45) is -0.477. The molecule has 0 radical (unpaired) electrons. The van der Waals surface area contributed by atoms with Gasteiger partial charge < -0.3 is 15.2 Å². The fourth-order valence-electron chi connectivity index (χ4n) is 2.53. The number of rotatable bonds is 10.